The van der Waals surface area contributed by atoms with Crippen molar-refractivity contribution in [2.75, 3.05) is 12.4 Å². The summed E-state index contributed by atoms with van der Waals surface area (Å²) in [6.07, 6.45) is 5.20. The zero-order valence-electron chi connectivity index (χ0n) is 12.9. The molecular weight excluding hydrogens is 280 g/mol. The molecule has 0 saturated heterocycles. The first-order chi connectivity index (χ1) is 10.2. The van der Waals surface area contributed by atoms with Crippen LogP contribution in [-0.4, -0.2) is 29.6 Å². The molecule has 4 heteroatoms. The average molecular weight is 304 g/mol. The average Bonchev–Trinajstić information content (AvgIpc) is 2.89. The number of aryl methyl sites for hydroxylation is 2. The Labute approximate surface area is 131 Å². The first kappa shape index (κ1) is 14.8. The molecule has 21 heavy (non-hydrogen) atoms. The molecule has 1 N–H and O–H groups in total. The Balaban J connectivity index is 1.43. The molecule has 3 rings (SSSR count). The minimum atomic E-state index is 0.529. The Morgan fingerprint density at radius 3 is 3.00 bits per heavy atom. The lowest BCUT2D eigenvalue weighted by Gasteiger charge is -2.23. The molecule has 0 bridgehead atoms. The third-order valence-electron chi connectivity index (χ3n) is 4.24. The smallest absolute Gasteiger partial charge is 0.157 e. The Morgan fingerprint density at radius 2 is 2.14 bits per heavy atom. The zero-order chi connectivity index (χ0) is 14.7. The van der Waals surface area contributed by atoms with E-state index < -0.39 is 0 Å². The molecule has 1 fully saturated rings. The van der Waals surface area contributed by atoms with Gasteiger partial charge in [0.25, 0.3) is 0 Å². The molecule has 2 atom stereocenters. The summed E-state index contributed by atoms with van der Waals surface area (Å²) in [6.45, 7) is 4.92. The highest BCUT2D eigenvalue weighted by Crippen LogP contribution is 2.27. The molecule has 1 aromatic rings. The number of rotatable bonds is 4. The van der Waals surface area contributed by atoms with Crippen molar-refractivity contribution in [2.24, 2.45) is 4.99 Å². The number of hydrogen-bond donors (Lipinski definition) is 1. The maximum absolute atomic E-state index is 5.89. The maximum atomic E-state index is 5.89. The predicted octanol–water partition coefficient (Wildman–Crippen LogP) is 3.69. The summed E-state index contributed by atoms with van der Waals surface area (Å²) in [5.41, 5.74) is 2.45. The van der Waals surface area contributed by atoms with Gasteiger partial charge < -0.3 is 10.1 Å². The van der Waals surface area contributed by atoms with Gasteiger partial charge in [0.2, 0.25) is 0 Å². The molecule has 1 saturated carbocycles. The molecule has 1 aliphatic carbocycles. The molecule has 114 valence electrons. The summed E-state index contributed by atoms with van der Waals surface area (Å²) in [6, 6.07) is 7.48. The molecule has 0 spiro atoms. The van der Waals surface area contributed by atoms with Crippen molar-refractivity contribution in [1.82, 2.24) is 5.32 Å². The Morgan fingerprint density at radius 1 is 1.29 bits per heavy atom. The number of hydrogen-bond acceptors (Lipinski definition) is 4. The van der Waals surface area contributed by atoms with Gasteiger partial charge in [-0.05, 0) is 43.9 Å². The summed E-state index contributed by atoms with van der Waals surface area (Å²) in [5.74, 6) is 1.95. The fourth-order valence-corrected chi connectivity index (χ4v) is 3.82. The van der Waals surface area contributed by atoms with E-state index in [0.29, 0.717) is 12.1 Å². The normalized spacial score (nSPS) is 24.2. The number of benzene rings is 1. The van der Waals surface area contributed by atoms with Crippen molar-refractivity contribution >= 4 is 16.9 Å². The summed E-state index contributed by atoms with van der Waals surface area (Å²) in [5, 5.41) is 4.69. The first-order valence-corrected chi connectivity index (χ1v) is 8.88. The van der Waals surface area contributed by atoms with Gasteiger partial charge in [-0.3, -0.25) is 4.99 Å². The molecule has 1 aromatic carbocycles. The van der Waals surface area contributed by atoms with E-state index in [4.69, 9.17) is 9.73 Å². The van der Waals surface area contributed by atoms with Gasteiger partial charge in [-0.25, -0.2) is 0 Å². The third kappa shape index (κ3) is 3.73. The molecule has 0 amide bonds. The number of nitrogens with one attached hydrogen (secondary N) is 1. The van der Waals surface area contributed by atoms with Crippen LogP contribution in [0.1, 0.15) is 36.8 Å². The Hall–Kier alpha value is -1.16. The van der Waals surface area contributed by atoms with Crippen LogP contribution in [0.15, 0.2) is 23.2 Å². The van der Waals surface area contributed by atoms with Crippen LogP contribution >= 0.6 is 11.8 Å². The van der Waals surface area contributed by atoms with Crippen molar-refractivity contribution in [3.05, 3.63) is 29.3 Å². The number of thioether (sulfide) groups is 1. The van der Waals surface area contributed by atoms with Gasteiger partial charge in [0.1, 0.15) is 5.75 Å². The highest BCUT2D eigenvalue weighted by atomic mass is 32.2. The lowest BCUT2D eigenvalue weighted by Crippen LogP contribution is -2.36. The number of ether oxygens (including phenoxy) is 1. The van der Waals surface area contributed by atoms with Crippen LogP contribution in [0.5, 0.6) is 5.75 Å². The van der Waals surface area contributed by atoms with Crippen LogP contribution in [0.25, 0.3) is 0 Å². The van der Waals surface area contributed by atoms with Crippen LogP contribution in [0.4, 0.5) is 0 Å². The molecule has 1 heterocycles. The van der Waals surface area contributed by atoms with E-state index >= 15 is 0 Å². The second-order valence-corrected chi connectivity index (χ2v) is 7.09. The van der Waals surface area contributed by atoms with E-state index in [1.807, 2.05) is 0 Å². The monoisotopic (exact) mass is 304 g/mol. The number of nitrogens with zero attached hydrogens (tertiary/aromatic N) is 1. The summed E-state index contributed by atoms with van der Waals surface area (Å²) >= 11 is 1.79. The summed E-state index contributed by atoms with van der Waals surface area (Å²) < 4.78 is 5.89. The van der Waals surface area contributed by atoms with Crippen LogP contribution in [0, 0.1) is 13.8 Å². The third-order valence-corrected chi connectivity index (χ3v) is 5.11. The molecule has 0 radical (unpaired) electrons. The van der Waals surface area contributed by atoms with Gasteiger partial charge in [-0.1, -0.05) is 36.7 Å². The predicted molar refractivity (Wildman–Crippen MR) is 90.5 cm³/mol. The second-order valence-electron chi connectivity index (χ2n) is 6.00. The van der Waals surface area contributed by atoms with Gasteiger partial charge >= 0.3 is 0 Å². The maximum Gasteiger partial charge on any atom is 0.157 e. The van der Waals surface area contributed by atoms with E-state index in [9.17, 15) is 0 Å². The van der Waals surface area contributed by atoms with Gasteiger partial charge in [-0.15, -0.1) is 0 Å². The number of fused-ring (bicyclic) bond motifs is 1. The topological polar surface area (TPSA) is 33.6 Å². The fraction of sp³-hybridized carbons (Fsp3) is 0.588. The van der Waals surface area contributed by atoms with Gasteiger partial charge in [0, 0.05) is 5.75 Å². The minimum absolute atomic E-state index is 0.529. The molecule has 0 aromatic heterocycles. The summed E-state index contributed by atoms with van der Waals surface area (Å²) in [4.78, 5) is 4.80. The van der Waals surface area contributed by atoms with E-state index in [-0.39, 0.29) is 0 Å². The van der Waals surface area contributed by atoms with Gasteiger partial charge in [0.05, 0.1) is 18.7 Å². The van der Waals surface area contributed by atoms with E-state index in [2.05, 4.69) is 37.4 Å². The quantitative estimate of drug-likeness (QED) is 0.861. The van der Waals surface area contributed by atoms with Gasteiger partial charge in [-0.2, -0.15) is 0 Å². The van der Waals surface area contributed by atoms with Crippen molar-refractivity contribution in [3.8, 4) is 5.75 Å². The summed E-state index contributed by atoms with van der Waals surface area (Å²) in [7, 11) is 0. The highest BCUT2D eigenvalue weighted by Gasteiger charge is 2.30. The van der Waals surface area contributed by atoms with Crippen molar-refractivity contribution in [1.29, 1.82) is 0 Å². The molecule has 2 aliphatic rings. The van der Waals surface area contributed by atoms with Crippen LogP contribution in [0.3, 0.4) is 0 Å². The fourth-order valence-electron chi connectivity index (χ4n) is 3.01. The SMILES string of the molecule is Cc1ccc(C)c(OCCSC2=N[C@@H]3CCCC[C@H]3N2)c1. The van der Waals surface area contributed by atoms with Crippen molar-refractivity contribution in [2.45, 2.75) is 51.6 Å². The van der Waals surface area contributed by atoms with Crippen molar-refractivity contribution < 1.29 is 4.74 Å². The first-order valence-electron chi connectivity index (χ1n) is 7.89. The molecule has 3 nitrogen and oxygen atoms in total. The molecule has 0 unspecified atom stereocenters. The zero-order valence-corrected chi connectivity index (χ0v) is 13.7. The number of aliphatic imine (C=N–C) groups is 1. The standard InChI is InChI=1S/C17H24N2OS/c1-12-7-8-13(2)16(11-12)20-9-10-21-17-18-14-5-3-4-6-15(14)19-17/h7-8,11,14-15H,3-6,9-10H2,1-2H3,(H,18,19)/t14-,15-/m1/s1. The largest absolute Gasteiger partial charge is 0.492 e. The van der Waals surface area contributed by atoms with E-state index in [1.54, 1.807) is 11.8 Å². The van der Waals surface area contributed by atoms with Crippen LogP contribution in [0.2, 0.25) is 0 Å². The lowest BCUT2D eigenvalue weighted by molar-refractivity contribution is 0.341. The van der Waals surface area contributed by atoms with Crippen LogP contribution in [-0.2, 0) is 0 Å². The molecule has 1 aliphatic heterocycles. The second kappa shape index (κ2) is 6.73. The molecular formula is C17H24N2OS. The Kier molecular flexibility index (Phi) is 4.73. The number of amidine groups is 1. The van der Waals surface area contributed by atoms with Crippen LogP contribution < -0.4 is 10.1 Å². The van der Waals surface area contributed by atoms with Gasteiger partial charge in [0.15, 0.2) is 5.17 Å². The van der Waals surface area contributed by atoms with E-state index in [0.717, 1.165) is 23.3 Å². The van der Waals surface area contributed by atoms with Crippen molar-refractivity contribution in [3.63, 3.8) is 0 Å². The van der Waals surface area contributed by atoms with E-state index in [1.165, 1.54) is 36.8 Å². The Bertz CT molecular complexity index is 530. The highest BCUT2D eigenvalue weighted by molar-refractivity contribution is 8.13. The minimum Gasteiger partial charge on any atom is -0.492 e. The lowest BCUT2D eigenvalue weighted by atomic mass is 9.92.